The van der Waals surface area contributed by atoms with Gasteiger partial charge in [0.2, 0.25) is 5.88 Å². The highest BCUT2D eigenvalue weighted by molar-refractivity contribution is 5.63. The molecule has 0 spiro atoms. The van der Waals surface area contributed by atoms with Gasteiger partial charge in [0, 0.05) is 11.6 Å². The molecule has 1 aromatic heterocycles. The monoisotopic (exact) mass is 342 g/mol. The molecular formula is C20H23FN2O2. The van der Waals surface area contributed by atoms with Gasteiger partial charge < -0.3 is 9.84 Å². The maximum absolute atomic E-state index is 14.3. The molecule has 0 fully saturated rings. The van der Waals surface area contributed by atoms with Crippen molar-refractivity contribution in [3.8, 4) is 17.1 Å². The molecule has 0 radical (unpaired) electrons. The van der Waals surface area contributed by atoms with Gasteiger partial charge in [0.15, 0.2) is 0 Å². The smallest absolute Gasteiger partial charge is 0.233 e. The third-order valence-electron chi connectivity index (χ3n) is 3.56. The van der Waals surface area contributed by atoms with Gasteiger partial charge in [-0.3, -0.25) is 0 Å². The van der Waals surface area contributed by atoms with Gasteiger partial charge in [-0.2, -0.15) is 0 Å². The third-order valence-corrected chi connectivity index (χ3v) is 3.56. The Morgan fingerprint density at radius 1 is 1.28 bits per heavy atom. The lowest BCUT2D eigenvalue weighted by molar-refractivity contribution is 0.182. The summed E-state index contributed by atoms with van der Waals surface area (Å²) in [7, 11) is 0. The zero-order chi connectivity index (χ0) is 18.1. The van der Waals surface area contributed by atoms with E-state index in [9.17, 15) is 9.50 Å². The van der Waals surface area contributed by atoms with Gasteiger partial charge >= 0.3 is 0 Å². The molecule has 1 heterocycles. The predicted molar refractivity (Wildman–Crippen MR) is 97.7 cm³/mol. The van der Waals surface area contributed by atoms with Crippen molar-refractivity contribution in [3.05, 3.63) is 60.4 Å². The Bertz CT molecular complexity index is 712. The van der Waals surface area contributed by atoms with E-state index in [1.54, 1.807) is 31.2 Å². The predicted octanol–water partition coefficient (Wildman–Crippen LogP) is 4.41. The van der Waals surface area contributed by atoms with E-state index in [-0.39, 0.29) is 11.9 Å². The lowest BCUT2D eigenvalue weighted by Gasteiger charge is -2.05. The minimum Gasteiger partial charge on any atom is -0.472 e. The molecule has 2 rings (SSSR count). The van der Waals surface area contributed by atoms with Gasteiger partial charge in [0.1, 0.15) is 12.4 Å². The average Bonchev–Trinajstić information content (AvgIpc) is 2.60. The SMILES string of the molecule is C=CCOc1ccc(-c2ccc(/C=C/CCCC(C)O)cc2F)nn1. The van der Waals surface area contributed by atoms with Gasteiger partial charge in [-0.15, -0.1) is 10.2 Å². The summed E-state index contributed by atoms with van der Waals surface area (Å²) in [6, 6.07) is 8.34. The summed E-state index contributed by atoms with van der Waals surface area (Å²) in [5.41, 5.74) is 1.64. The van der Waals surface area contributed by atoms with Crippen molar-refractivity contribution in [3.63, 3.8) is 0 Å². The molecular weight excluding hydrogens is 319 g/mol. The van der Waals surface area contributed by atoms with Crippen molar-refractivity contribution in [2.45, 2.75) is 32.3 Å². The highest BCUT2D eigenvalue weighted by atomic mass is 19.1. The topological polar surface area (TPSA) is 55.2 Å². The molecule has 0 saturated heterocycles. The molecule has 5 heteroatoms. The van der Waals surface area contributed by atoms with Crippen molar-refractivity contribution < 1.29 is 14.2 Å². The summed E-state index contributed by atoms with van der Waals surface area (Å²) in [6.07, 6.45) is 7.74. The summed E-state index contributed by atoms with van der Waals surface area (Å²) < 4.78 is 19.6. The number of nitrogens with zero attached hydrogens (tertiary/aromatic N) is 2. The second kappa shape index (κ2) is 9.69. The van der Waals surface area contributed by atoms with Crippen molar-refractivity contribution in [2.24, 2.45) is 0 Å². The van der Waals surface area contributed by atoms with Crippen LogP contribution in [0.2, 0.25) is 0 Å². The molecule has 4 nitrogen and oxygen atoms in total. The maximum Gasteiger partial charge on any atom is 0.233 e. The second-order valence-electron chi connectivity index (χ2n) is 5.78. The number of allylic oxidation sites excluding steroid dienone is 1. The fourth-order valence-corrected chi connectivity index (χ4v) is 2.28. The van der Waals surface area contributed by atoms with E-state index < -0.39 is 0 Å². The standard InChI is InChI=1S/C20H23FN2O2/c1-3-13-25-20-12-11-19(22-23-20)17-10-9-16(14-18(17)21)8-6-4-5-7-15(2)24/h3,6,8-12,14-15,24H,1,4-5,7,13H2,2H3/b8-6+. The highest BCUT2D eigenvalue weighted by Gasteiger charge is 2.08. The molecule has 0 aliphatic carbocycles. The molecule has 1 unspecified atom stereocenters. The number of benzene rings is 1. The molecule has 0 aliphatic heterocycles. The first-order chi connectivity index (χ1) is 12.1. The van der Waals surface area contributed by atoms with E-state index in [0.29, 0.717) is 23.7 Å². The Morgan fingerprint density at radius 3 is 2.76 bits per heavy atom. The number of rotatable bonds is 9. The van der Waals surface area contributed by atoms with Crippen LogP contribution in [0.4, 0.5) is 4.39 Å². The fourth-order valence-electron chi connectivity index (χ4n) is 2.28. The zero-order valence-corrected chi connectivity index (χ0v) is 14.4. The maximum atomic E-state index is 14.3. The Morgan fingerprint density at radius 2 is 2.12 bits per heavy atom. The Balaban J connectivity index is 2.01. The fraction of sp³-hybridized carbons (Fsp3) is 0.300. The van der Waals surface area contributed by atoms with Crippen molar-refractivity contribution >= 4 is 6.08 Å². The third kappa shape index (κ3) is 6.12. The van der Waals surface area contributed by atoms with Crippen molar-refractivity contribution in [2.75, 3.05) is 6.61 Å². The van der Waals surface area contributed by atoms with Crippen LogP contribution < -0.4 is 4.74 Å². The Hall–Kier alpha value is -2.53. The van der Waals surface area contributed by atoms with Gasteiger partial charge in [0.25, 0.3) is 0 Å². The second-order valence-corrected chi connectivity index (χ2v) is 5.78. The molecule has 1 N–H and O–H groups in total. The number of aromatic nitrogens is 2. The van der Waals surface area contributed by atoms with Gasteiger partial charge in [-0.1, -0.05) is 30.9 Å². The summed E-state index contributed by atoms with van der Waals surface area (Å²) in [5, 5.41) is 17.1. The summed E-state index contributed by atoms with van der Waals surface area (Å²) in [5.74, 6) is 0.0287. The summed E-state index contributed by atoms with van der Waals surface area (Å²) >= 11 is 0. The molecule has 1 aromatic carbocycles. The van der Waals surface area contributed by atoms with E-state index in [1.807, 2.05) is 18.2 Å². The first kappa shape index (κ1) is 18.8. The highest BCUT2D eigenvalue weighted by Crippen LogP contribution is 2.23. The van der Waals surface area contributed by atoms with Crippen LogP contribution in [0.15, 0.2) is 49.1 Å². The molecule has 0 amide bonds. The number of unbranched alkanes of at least 4 members (excludes halogenated alkanes) is 1. The zero-order valence-electron chi connectivity index (χ0n) is 14.4. The lowest BCUT2D eigenvalue weighted by Crippen LogP contribution is -1.98. The Labute approximate surface area is 147 Å². The largest absolute Gasteiger partial charge is 0.472 e. The number of hydrogen-bond donors (Lipinski definition) is 1. The van der Waals surface area contributed by atoms with Crippen LogP contribution in [-0.2, 0) is 0 Å². The van der Waals surface area contributed by atoms with E-state index >= 15 is 0 Å². The van der Waals surface area contributed by atoms with E-state index in [4.69, 9.17) is 4.74 Å². The number of hydrogen-bond acceptors (Lipinski definition) is 4. The minimum absolute atomic E-state index is 0.278. The normalized spacial score (nSPS) is 12.3. The number of halogens is 1. The van der Waals surface area contributed by atoms with Gasteiger partial charge in [-0.05, 0) is 49.9 Å². The van der Waals surface area contributed by atoms with Gasteiger partial charge in [-0.25, -0.2) is 4.39 Å². The van der Waals surface area contributed by atoms with Crippen LogP contribution in [0, 0.1) is 5.82 Å². The number of aliphatic hydroxyl groups excluding tert-OH is 1. The van der Waals surface area contributed by atoms with Crippen LogP contribution in [0.5, 0.6) is 5.88 Å². The first-order valence-electron chi connectivity index (χ1n) is 8.32. The summed E-state index contributed by atoms with van der Waals surface area (Å²) in [4.78, 5) is 0. The molecule has 0 bridgehead atoms. The lowest BCUT2D eigenvalue weighted by atomic mass is 10.1. The quantitative estimate of drug-likeness (QED) is 0.542. The molecule has 0 saturated carbocycles. The molecule has 1 atom stereocenters. The van der Waals surface area contributed by atoms with Crippen LogP contribution in [0.1, 0.15) is 31.7 Å². The Kier molecular flexibility index (Phi) is 7.29. The van der Waals surface area contributed by atoms with Crippen LogP contribution >= 0.6 is 0 Å². The minimum atomic E-state index is -0.347. The van der Waals surface area contributed by atoms with Crippen LogP contribution in [-0.4, -0.2) is 28.0 Å². The van der Waals surface area contributed by atoms with E-state index in [2.05, 4.69) is 16.8 Å². The molecule has 132 valence electrons. The number of ether oxygens (including phenoxy) is 1. The van der Waals surface area contributed by atoms with E-state index in [0.717, 1.165) is 24.8 Å². The van der Waals surface area contributed by atoms with Crippen molar-refractivity contribution in [1.82, 2.24) is 10.2 Å². The molecule has 25 heavy (non-hydrogen) atoms. The van der Waals surface area contributed by atoms with Crippen LogP contribution in [0.3, 0.4) is 0 Å². The average molecular weight is 342 g/mol. The number of aliphatic hydroxyl groups is 1. The van der Waals surface area contributed by atoms with E-state index in [1.165, 1.54) is 6.07 Å². The molecule has 0 aliphatic rings. The molecule has 2 aromatic rings. The first-order valence-corrected chi connectivity index (χ1v) is 8.32. The van der Waals surface area contributed by atoms with Gasteiger partial charge in [0.05, 0.1) is 11.8 Å². The van der Waals surface area contributed by atoms with Crippen molar-refractivity contribution in [1.29, 1.82) is 0 Å². The van der Waals surface area contributed by atoms with Crippen LogP contribution in [0.25, 0.3) is 17.3 Å². The summed E-state index contributed by atoms with van der Waals surface area (Å²) in [6.45, 7) is 5.68.